The van der Waals surface area contributed by atoms with Crippen LogP contribution < -0.4 is 4.74 Å². The molecule has 0 aliphatic heterocycles. The lowest BCUT2D eigenvalue weighted by Gasteiger charge is -2.13. The number of halogens is 2. The lowest BCUT2D eigenvalue weighted by Crippen LogP contribution is -1.98. The Morgan fingerprint density at radius 3 is 2.40 bits per heavy atom. The van der Waals surface area contributed by atoms with E-state index in [2.05, 4.69) is 6.07 Å². The third-order valence-corrected chi connectivity index (χ3v) is 5.05. The molecule has 0 atom stereocenters. The molecule has 0 bridgehead atoms. The Labute approximate surface area is 179 Å². The summed E-state index contributed by atoms with van der Waals surface area (Å²) in [4.78, 5) is 0. The molecule has 0 amide bonds. The number of rotatable bonds is 5. The van der Waals surface area contributed by atoms with Gasteiger partial charge in [-0.05, 0) is 58.3 Å². The molecular formula is C26H17ClFNO. The Bertz CT molecular complexity index is 1260. The predicted octanol–water partition coefficient (Wildman–Crippen LogP) is 7.28. The van der Waals surface area contributed by atoms with Crippen molar-refractivity contribution in [2.45, 2.75) is 6.61 Å². The summed E-state index contributed by atoms with van der Waals surface area (Å²) in [6, 6.07) is 27.5. The smallest absolute Gasteiger partial charge is 0.127 e. The zero-order valence-electron chi connectivity index (χ0n) is 16.0. The highest BCUT2D eigenvalue weighted by Crippen LogP contribution is 2.32. The molecule has 0 spiro atoms. The number of fused-ring (bicyclic) bond motifs is 1. The minimum Gasteiger partial charge on any atom is -0.488 e. The molecule has 0 fully saturated rings. The maximum absolute atomic E-state index is 13.2. The highest BCUT2D eigenvalue weighted by molar-refractivity contribution is 6.30. The van der Waals surface area contributed by atoms with Crippen molar-refractivity contribution in [2.24, 2.45) is 0 Å². The van der Waals surface area contributed by atoms with Crippen LogP contribution >= 0.6 is 11.6 Å². The van der Waals surface area contributed by atoms with Gasteiger partial charge in [-0.25, -0.2) is 4.39 Å². The summed E-state index contributed by atoms with van der Waals surface area (Å²) in [5.41, 5.74) is 2.97. The Kier molecular flexibility index (Phi) is 5.79. The molecule has 0 aliphatic carbocycles. The van der Waals surface area contributed by atoms with Gasteiger partial charge in [-0.3, -0.25) is 0 Å². The van der Waals surface area contributed by atoms with E-state index in [-0.39, 0.29) is 5.82 Å². The molecule has 0 saturated heterocycles. The minimum absolute atomic E-state index is 0.283. The van der Waals surface area contributed by atoms with Gasteiger partial charge in [-0.15, -0.1) is 0 Å². The second-order valence-electron chi connectivity index (χ2n) is 6.79. The van der Waals surface area contributed by atoms with Crippen LogP contribution in [0.15, 0.2) is 84.9 Å². The van der Waals surface area contributed by atoms with E-state index in [1.165, 1.54) is 12.1 Å². The zero-order chi connectivity index (χ0) is 20.9. The van der Waals surface area contributed by atoms with E-state index in [9.17, 15) is 9.65 Å². The number of allylic oxidation sites excluding steroid dienone is 1. The Morgan fingerprint density at radius 1 is 0.933 bits per heavy atom. The summed E-state index contributed by atoms with van der Waals surface area (Å²) in [5.74, 6) is 0.370. The fraction of sp³-hybridized carbons (Fsp3) is 0.0385. The largest absolute Gasteiger partial charge is 0.488 e. The van der Waals surface area contributed by atoms with Crippen LogP contribution in [0.1, 0.15) is 16.7 Å². The summed E-state index contributed by atoms with van der Waals surface area (Å²) >= 11 is 5.99. The van der Waals surface area contributed by atoms with Crippen LogP contribution in [-0.2, 0) is 6.61 Å². The normalized spacial score (nSPS) is 11.3. The van der Waals surface area contributed by atoms with Crippen molar-refractivity contribution in [3.05, 3.63) is 112 Å². The standard InChI is InChI=1S/C26H17ClFNO/c27-22-10-7-19(8-11-22)21(16-29)15-25-24-4-2-1-3-20(24)9-14-26(25)30-17-18-5-12-23(28)13-6-18/h1-15H,17H2/b21-15+. The van der Waals surface area contributed by atoms with Crippen molar-refractivity contribution in [3.8, 4) is 11.8 Å². The van der Waals surface area contributed by atoms with E-state index in [1.807, 2.05) is 54.6 Å². The molecule has 4 heteroatoms. The van der Waals surface area contributed by atoms with Gasteiger partial charge in [-0.2, -0.15) is 5.26 Å². The molecule has 0 saturated carbocycles. The summed E-state index contributed by atoms with van der Waals surface area (Å²) in [6.07, 6.45) is 1.84. The molecule has 0 aliphatic rings. The van der Waals surface area contributed by atoms with Crippen molar-refractivity contribution >= 4 is 34.0 Å². The topological polar surface area (TPSA) is 33.0 Å². The molecule has 4 rings (SSSR count). The van der Waals surface area contributed by atoms with E-state index in [1.54, 1.807) is 24.3 Å². The molecule has 2 nitrogen and oxygen atoms in total. The molecule has 0 aromatic heterocycles. The maximum Gasteiger partial charge on any atom is 0.127 e. The molecule has 146 valence electrons. The molecule has 4 aromatic carbocycles. The first-order valence-electron chi connectivity index (χ1n) is 9.41. The summed E-state index contributed by atoms with van der Waals surface area (Å²) in [7, 11) is 0. The highest BCUT2D eigenvalue weighted by Gasteiger charge is 2.10. The van der Waals surface area contributed by atoms with Crippen molar-refractivity contribution in [3.63, 3.8) is 0 Å². The van der Waals surface area contributed by atoms with Crippen LogP contribution in [-0.4, -0.2) is 0 Å². The number of nitrogens with zero attached hydrogens (tertiary/aromatic N) is 1. The first-order chi connectivity index (χ1) is 14.6. The highest BCUT2D eigenvalue weighted by atomic mass is 35.5. The summed E-state index contributed by atoms with van der Waals surface area (Å²) < 4.78 is 19.2. The van der Waals surface area contributed by atoms with Crippen LogP contribution in [0.2, 0.25) is 5.02 Å². The van der Waals surface area contributed by atoms with E-state index in [0.29, 0.717) is 23.0 Å². The van der Waals surface area contributed by atoms with E-state index < -0.39 is 0 Å². The zero-order valence-corrected chi connectivity index (χ0v) is 16.7. The van der Waals surface area contributed by atoms with E-state index in [0.717, 1.165) is 27.5 Å². The molecule has 4 aromatic rings. The number of hydrogen-bond acceptors (Lipinski definition) is 2. The van der Waals surface area contributed by atoms with Crippen molar-refractivity contribution in [1.82, 2.24) is 0 Å². The van der Waals surface area contributed by atoms with Crippen LogP contribution in [0.4, 0.5) is 4.39 Å². The van der Waals surface area contributed by atoms with Crippen LogP contribution in [0.3, 0.4) is 0 Å². The number of ether oxygens (including phenoxy) is 1. The van der Waals surface area contributed by atoms with Gasteiger partial charge in [0.1, 0.15) is 18.2 Å². The summed E-state index contributed by atoms with van der Waals surface area (Å²) in [5, 5.41) is 12.4. The molecular weight excluding hydrogens is 397 g/mol. The number of benzene rings is 4. The monoisotopic (exact) mass is 413 g/mol. The fourth-order valence-corrected chi connectivity index (χ4v) is 3.37. The summed E-state index contributed by atoms with van der Waals surface area (Å²) in [6.45, 7) is 0.294. The quantitative estimate of drug-likeness (QED) is 0.254. The van der Waals surface area contributed by atoms with Gasteiger partial charge in [0.15, 0.2) is 0 Å². The molecule has 0 unspecified atom stereocenters. The van der Waals surface area contributed by atoms with Crippen LogP contribution in [0.25, 0.3) is 22.4 Å². The van der Waals surface area contributed by atoms with E-state index in [4.69, 9.17) is 16.3 Å². The Morgan fingerprint density at radius 2 is 1.67 bits per heavy atom. The lowest BCUT2D eigenvalue weighted by molar-refractivity contribution is 0.306. The third-order valence-electron chi connectivity index (χ3n) is 4.80. The maximum atomic E-state index is 13.2. The number of nitriles is 1. The SMILES string of the molecule is N#C/C(=C\c1c(OCc2ccc(F)cc2)ccc2ccccc12)c1ccc(Cl)cc1. The van der Waals surface area contributed by atoms with Gasteiger partial charge in [0.05, 0.1) is 11.6 Å². The van der Waals surface area contributed by atoms with Gasteiger partial charge in [0, 0.05) is 10.6 Å². The van der Waals surface area contributed by atoms with Crippen molar-refractivity contribution < 1.29 is 9.13 Å². The minimum atomic E-state index is -0.283. The second-order valence-corrected chi connectivity index (χ2v) is 7.23. The Hall–Kier alpha value is -3.61. The lowest BCUT2D eigenvalue weighted by atomic mass is 9.98. The van der Waals surface area contributed by atoms with Gasteiger partial charge in [-0.1, -0.05) is 66.2 Å². The van der Waals surface area contributed by atoms with Crippen LogP contribution in [0.5, 0.6) is 5.75 Å². The third kappa shape index (κ3) is 4.35. The molecule has 30 heavy (non-hydrogen) atoms. The average molecular weight is 414 g/mol. The molecule has 0 radical (unpaired) electrons. The van der Waals surface area contributed by atoms with Gasteiger partial charge < -0.3 is 4.74 Å². The molecule has 0 N–H and O–H groups in total. The second kappa shape index (κ2) is 8.82. The number of hydrogen-bond donors (Lipinski definition) is 0. The first kappa shape index (κ1) is 19.7. The average Bonchev–Trinajstić information content (AvgIpc) is 2.78. The van der Waals surface area contributed by atoms with E-state index >= 15 is 0 Å². The fourth-order valence-electron chi connectivity index (χ4n) is 3.25. The van der Waals surface area contributed by atoms with Gasteiger partial charge >= 0.3 is 0 Å². The van der Waals surface area contributed by atoms with Gasteiger partial charge in [0.25, 0.3) is 0 Å². The predicted molar refractivity (Wildman–Crippen MR) is 120 cm³/mol. The molecule has 0 heterocycles. The van der Waals surface area contributed by atoms with Crippen molar-refractivity contribution in [1.29, 1.82) is 5.26 Å². The Balaban J connectivity index is 1.77. The first-order valence-corrected chi connectivity index (χ1v) is 9.78. The van der Waals surface area contributed by atoms with Crippen molar-refractivity contribution in [2.75, 3.05) is 0 Å². The van der Waals surface area contributed by atoms with Gasteiger partial charge in [0.2, 0.25) is 0 Å². The van der Waals surface area contributed by atoms with Crippen LogP contribution in [0, 0.1) is 17.1 Å².